The van der Waals surface area contributed by atoms with Crippen LogP contribution in [0.3, 0.4) is 0 Å². The fraction of sp³-hybridized carbons (Fsp3) is 0.750. The minimum atomic E-state index is 0.0274. The van der Waals surface area contributed by atoms with Crippen molar-refractivity contribution >= 4 is 5.91 Å². The topological polar surface area (TPSA) is 52.6 Å². The van der Waals surface area contributed by atoms with Crippen LogP contribution in [0, 0.1) is 11.8 Å². The molecule has 1 unspecified atom stereocenters. The molecule has 3 rings (SSSR count). The molecule has 4 nitrogen and oxygen atoms in total. The average Bonchev–Trinajstić information content (AvgIpc) is 2.31. The zero-order valence-corrected chi connectivity index (χ0v) is 9.35. The maximum atomic E-state index is 11.9. The Morgan fingerprint density at radius 1 is 1.50 bits per heavy atom. The molecule has 0 radical (unpaired) electrons. The second kappa shape index (κ2) is 3.86. The first-order valence-corrected chi connectivity index (χ1v) is 6.09. The number of hydrogen-bond acceptors (Lipinski definition) is 3. The number of carbonyl (C=O) groups excluding carboxylic acids is 1. The van der Waals surface area contributed by atoms with Crippen LogP contribution in [-0.4, -0.2) is 48.2 Å². The van der Waals surface area contributed by atoms with Crippen molar-refractivity contribution in [3.05, 3.63) is 11.6 Å². The van der Waals surface area contributed by atoms with E-state index in [1.54, 1.807) is 6.08 Å². The first kappa shape index (κ1) is 10.3. The normalized spacial score (nSPS) is 38.1. The molecule has 88 valence electrons. The Kier molecular flexibility index (Phi) is 2.48. The Bertz CT molecular complexity index is 340. The number of carbonyl (C=O) groups is 1. The lowest BCUT2D eigenvalue weighted by Gasteiger charge is -2.49. The Labute approximate surface area is 95.3 Å². The van der Waals surface area contributed by atoms with Crippen LogP contribution < -0.4 is 5.32 Å². The number of amides is 1. The fourth-order valence-electron chi connectivity index (χ4n) is 3.39. The SMILES string of the molecule is O=C1C=C(CO)C[C@H]2[C@@H]3CNCC(C3)CN12. The van der Waals surface area contributed by atoms with Gasteiger partial charge >= 0.3 is 0 Å². The van der Waals surface area contributed by atoms with Gasteiger partial charge < -0.3 is 15.3 Å². The van der Waals surface area contributed by atoms with Gasteiger partial charge in [0.15, 0.2) is 0 Å². The van der Waals surface area contributed by atoms with E-state index in [1.807, 2.05) is 4.90 Å². The Morgan fingerprint density at radius 3 is 3.19 bits per heavy atom. The van der Waals surface area contributed by atoms with Crippen LogP contribution >= 0.6 is 0 Å². The summed E-state index contributed by atoms with van der Waals surface area (Å²) in [6, 6.07) is 0.323. The number of nitrogens with zero attached hydrogens (tertiary/aromatic N) is 1. The van der Waals surface area contributed by atoms with Crippen molar-refractivity contribution in [2.24, 2.45) is 11.8 Å². The van der Waals surface area contributed by atoms with Gasteiger partial charge in [0, 0.05) is 18.7 Å². The van der Waals surface area contributed by atoms with E-state index in [0.29, 0.717) is 17.9 Å². The van der Waals surface area contributed by atoms with Crippen molar-refractivity contribution in [1.29, 1.82) is 0 Å². The Morgan fingerprint density at radius 2 is 2.38 bits per heavy atom. The minimum absolute atomic E-state index is 0.0274. The molecule has 3 atom stereocenters. The van der Waals surface area contributed by atoms with E-state index in [2.05, 4.69) is 5.32 Å². The molecule has 0 aromatic rings. The van der Waals surface area contributed by atoms with Gasteiger partial charge in [0.2, 0.25) is 5.91 Å². The number of fused-ring (bicyclic) bond motifs is 4. The zero-order valence-electron chi connectivity index (χ0n) is 9.35. The van der Waals surface area contributed by atoms with Crippen molar-refractivity contribution in [3.8, 4) is 0 Å². The Hall–Kier alpha value is -0.870. The highest BCUT2D eigenvalue weighted by Gasteiger charge is 2.41. The molecule has 3 heterocycles. The summed E-state index contributed by atoms with van der Waals surface area (Å²) in [5, 5.41) is 12.6. The highest BCUT2D eigenvalue weighted by molar-refractivity contribution is 5.89. The molecule has 4 heteroatoms. The van der Waals surface area contributed by atoms with Crippen LogP contribution in [0.1, 0.15) is 12.8 Å². The third-order valence-electron chi connectivity index (χ3n) is 4.16. The lowest BCUT2D eigenvalue weighted by atomic mass is 9.76. The van der Waals surface area contributed by atoms with Gasteiger partial charge in [-0.25, -0.2) is 0 Å². The second-order valence-electron chi connectivity index (χ2n) is 5.24. The van der Waals surface area contributed by atoms with Crippen LogP contribution in [0.15, 0.2) is 11.6 Å². The number of aliphatic hydroxyl groups is 1. The first-order valence-electron chi connectivity index (χ1n) is 6.09. The predicted molar refractivity (Wildman–Crippen MR) is 59.8 cm³/mol. The fourth-order valence-corrected chi connectivity index (χ4v) is 3.39. The summed E-state index contributed by atoms with van der Waals surface area (Å²) in [6.45, 7) is 2.98. The van der Waals surface area contributed by atoms with E-state index >= 15 is 0 Å². The van der Waals surface area contributed by atoms with Gasteiger partial charge in [0.05, 0.1) is 6.61 Å². The number of rotatable bonds is 1. The largest absolute Gasteiger partial charge is 0.392 e. The van der Waals surface area contributed by atoms with E-state index in [4.69, 9.17) is 5.11 Å². The van der Waals surface area contributed by atoms with Gasteiger partial charge in [-0.2, -0.15) is 0 Å². The quantitative estimate of drug-likeness (QED) is 0.643. The molecule has 2 bridgehead atoms. The summed E-state index contributed by atoms with van der Waals surface area (Å²) < 4.78 is 0. The van der Waals surface area contributed by atoms with Crippen molar-refractivity contribution in [2.45, 2.75) is 18.9 Å². The summed E-state index contributed by atoms with van der Waals surface area (Å²) in [6.07, 6.45) is 3.73. The van der Waals surface area contributed by atoms with Crippen molar-refractivity contribution in [1.82, 2.24) is 10.2 Å². The molecule has 0 spiro atoms. The summed E-state index contributed by atoms with van der Waals surface area (Å²) in [7, 11) is 0. The standard InChI is InChI=1S/C12H18N2O2/c15-7-8-2-11-10-1-9(4-13-5-10)6-14(11)12(16)3-8/h3,9-11,13,15H,1-2,4-7H2/t9?,10-,11-/m0/s1. The van der Waals surface area contributed by atoms with Gasteiger partial charge in [-0.05, 0) is 43.3 Å². The number of aliphatic hydroxyl groups excluding tert-OH is 1. The van der Waals surface area contributed by atoms with Crippen LogP contribution in [0.2, 0.25) is 0 Å². The van der Waals surface area contributed by atoms with Crippen molar-refractivity contribution < 1.29 is 9.90 Å². The molecule has 2 saturated heterocycles. The molecule has 3 aliphatic rings. The molecule has 2 N–H and O–H groups in total. The molecule has 1 amide bonds. The lowest BCUT2D eigenvalue weighted by Crippen LogP contribution is -2.59. The molecule has 2 fully saturated rings. The van der Waals surface area contributed by atoms with E-state index in [9.17, 15) is 4.79 Å². The monoisotopic (exact) mass is 222 g/mol. The smallest absolute Gasteiger partial charge is 0.246 e. The number of hydrogen-bond donors (Lipinski definition) is 2. The molecular formula is C12H18N2O2. The number of nitrogens with one attached hydrogen (secondary N) is 1. The molecule has 0 aliphatic carbocycles. The summed E-state index contributed by atoms with van der Waals surface area (Å²) >= 11 is 0. The zero-order chi connectivity index (χ0) is 11.1. The Balaban J connectivity index is 1.86. The first-order chi connectivity index (χ1) is 7.78. The van der Waals surface area contributed by atoms with Crippen LogP contribution in [0.4, 0.5) is 0 Å². The summed E-state index contributed by atoms with van der Waals surface area (Å²) in [4.78, 5) is 14.0. The molecule has 0 saturated carbocycles. The van der Waals surface area contributed by atoms with Crippen LogP contribution in [0.5, 0.6) is 0 Å². The maximum Gasteiger partial charge on any atom is 0.246 e. The van der Waals surface area contributed by atoms with Crippen molar-refractivity contribution in [2.75, 3.05) is 26.2 Å². The minimum Gasteiger partial charge on any atom is -0.392 e. The number of piperidine rings is 2. The van der Waals surface area contributed by atoms with Gasteiger partial charge in [-0.1, -0.05) is 0 Å². The molecule has 0 aromatic carbocycles. The lowest BCUT2D eigenvalue weighted by molar-refractivity contribution is -0.134. The van der Waals surface area contributed by atoms with E-state index in [1.165, 1.54) is 6.42 Å². The molecular weight excluding hydrogens is 204 g/mol. The van der Waals surface area contributed by atoms with E-state index in [-0.39, 0.29) is 12.5 Å². The van der Waals surface area contributed by atoms with E-state index in [0.717, 1.165) is 31.6 Å². The highest BCUT2D eigenvalue weighted by atomic mass is 16.3. The van der Waals surface area contributed by atoms with Crippen LogP contribution in [-0.2, 0) is 4.79 Å². The second-order valence-corrected chi connectivity index (χ2v) is 5.24. The van der Waals surface area contributed by atoms with Gasteiger partial charge in [0.1, 0.15) is 0 Å². The third-order valence-corrected chi connectivity index (χ3v) is 4.16. The van der Waals surface area contributed by atoms with E-state index < -0.39 is 0 Å². The predicted octanol–water partition coefficient (Wildman–Crippen LogP) is -0.255. The third kappa shape index (κ3) is 1.57. The molecule has 3 aliphatic heterocycles. The van der Waals surface area contributed by atoms with Gasteiger partial charge in [0.25, 0.3) is 0 Å². The van der Waals surface area contributed by atoms with Crippen molar-refractivity contribution in [3.63, 3.8) is 0 Å². The summed E-state index contributed by atoms with van der Waals surface area (Å²) in [5.41, 5.74) is 0.898. The maximum absolute atomic E-state index is 11.9. The van der Waals surface area contributed by atoms with Crippen LogP contribution in [0.25, 0.3) is 0 Å². The van der Waals surface area contributed by atoms with Gasteiger partial charge in [-0.15, -0.1) is 0 Å². The highest BCUT2D eigenvalue weighted by Crippen LogP contribution is 2.35. The summed E-state index contributed by atoms with van der Waals surface area (Å²) in [5.74, 6) is 1.31. The van der Waals surface area contributed by atoms with Gasteiger partial charge in [-0.3, -0.25) is 4.79 Å². The molecule has 16 heavy (non-hydrogen) atoms. The molecule has 0 aromatic heterocycles. The average molecular weight is 222 g/mol.